The highest BCUT2D eigenvalue weighted by Crippen LogP contribution is 2.35. The molecule has 4 nitrogen and oxygen atoms in total. The largest absolute Gasteiger partial charge is 0.369 e. The minimum atomic E-state index is -0.352. The van der Waals surface area contributed by atoms with Crippen LogP contribution in [-0.4, -0.2) is 29.7 Å². The van der Waals surface area contributed by atoms with Crippen LogP contribution in [0.2, 0.25) is 0 Å². The van der Waals surface area contributed by atoms with Gasteiger partial charge in [-0.3, -0.25) is 14.5 Å². The Morgan fingerprint density at radius 1 is 1.12 bits per heavy atom. The number of amides is 1. The quantitative estimate of drug-likeness (QED) is 0.705. The van der Waals surface area contributed by atoms with E-state index in [0.29, 0.717) is 12.8 Å². The fraction of sp³-hybridized carbons (Fsp3) is 0.619. The summed E-state index contributed by atoms with van der Waals surface area (Å²) in [6, 6.07) is 8.37. The fourth-order valence-corrected chi connectivity index (χ4v) is 3.57. The van der Waals surface area contributed by atoms with Gasteiger partial charge in [-0.05, 0) is 43.5 Å². The monoisotopic (exact) mass is 344 g/mol. The lowest BCUT2D eigenvalue weighted by Gasteiger charge is -2.22. The Hall–Kier alpha value is -1.68. The van der Waals surface area contributed by atoms with Gasteiger partial charge in [-0.25, -0.2) is 0 Å². The highest BCUT2D eigenvalue weighted by atomic mass is 16.1. The summed E-state index contributed by atoms with van der Waals surface area (Å²) >= 11 is 0. The van der Waals surface area contributed by atoms with E-state index in [9.17, 15) is 9.59 Å². The Morgan fingerprint density at radius 3 is 2.20 bits per heavy atom. The molecule has 1 aliphatic carbocycles. The molecule has 1 aromatic carbocycles. The smallest absolute Gasteiger partial charge is 0.221 e. The molecule has 0 spiro atoms. The molecule has 0 bridgehead atoms. The summed E-state index contributed by atoms with van der Waals surface area (Å²) < 4.78 is 0. The molecule has 1 aliphatic rings. The maximum Gasteiger partial charge on any atom is 0.221 e. The van der Waals surface area contributed by atoms with Crippen molar-refractivity contribution >= 4 is 11.7 Å². The summed E-state index contributed by atoms with van der Waals surface area (Å²) in [5, 5.41) is 0. The molecule has 4 heteroatoms. The van der Waals surface area contributed by atoms with E-state index in [1.165, 1.54) is 31.2 Å². The topological polar surface area (TPSA) is 63.4 Å². The van der Waals surface area contributed by atoms with Crippen LogP contribution in [0.1, 0.15) is 69.4 Å². The van der Waals surface area contributed by atoms with E-state index in [2.05, 4.69) is 43.0 Å². The van der Waals surface area contributed by atoms with Gasteiger partial charge in [-0.15, -0.1) is 0 Å². The van der Waals surface area contributed by atoms with Gasteiger partial charge < -0.3 is 5.73 Å². The van der Waals surface area contributed by atoms with Crippen LogP contribution in [0, 0.1) is 5.92 Å². The number of rotatable bonds is 10. The van der Waals surface area contributed by atoms with Crippen molar-refractivity contribution in [3.05, 3.63) is 35.4 Å². The SMILES string of the molecule is CCCCN(CCCC)Cc1ccc([C@H]2C[C@@H](C(N)=O)CC2=O)cc1. The van der Waals surface area contributed by atoms with Crippen LogP contribution in [0.3, 0.4) is 0 Å². The van der Waals surface area contributed by atoms with Crippen LogP contribution >= 0.6 is 0 Å². The molecule has 0 unspecified atom stereocenters. The minimum Gasteiger partial charge on any atom is -0.369 e. The molecule has 0 aliphatic heterocycles. The molecule has 1 amide bonds. The van der Waals surface area contributed by atoms with E-state index in [1.807, 2.05) is 0 Å². The molecule has 2 atom stereocenters. The van der Waals surface area contributed by atoms with Crippen LogP contribution in [0.5, 0.6) is 0 Å². The number of hydrogen-bond acceptors (Lipinski definition) is 3. The molecule has 1 saturated carbocycles. The van der Waals surface area contributed by atoms with E-state index in [-0.39, 0.29) is 23.5 Å². The third-order valence-electron chi connectivity index (χ3n) is 5.20. The van der Waals surface area contributed by atoms with Crippen molar-refractivity contribution in [1.29, 1.82) is 0 Å². The lowest BCUT2D eigenvalue weighted by Crippen LogP contribution is -2.25. The fourth-order valence-electron chi connectivity index (χ4n) is 3.57. The molecule has 25 heavy (non-hydrogen) atoms. The second kappa shape index (κ2) is 9.71. The Morgan fingerprint density at radius 2 is 1.72 bits per heavy atom. The zero-order valence-corrected chi connectivity index (χ0v) is 15.7. The van der Waals surface area contributed by atoms with Crippen LogP contribution in [-0.2, 0) is 16.1 Å². The molecule has 0 radical (unpaired) electrons. The molecule has 2 N–H and O–H groups in total. The van der Waals surface area contributed by atoms with Crippen LogP contribution in [0.4, 0.5) is 0 Å². The molecule has 2 rings (SSSR count). The first-order chi connectivity index (χ1) is 12.0. The molecule has 0 saturated heterocycles. The van der Waals surface area contributed by atoms with E-state index in [1.54, 1.807) is 0 Å². The normalized spacial score (nSPS) is 20.4. The summed E-state index contributed by atoms with van der Waals surface area (Å²) in [4.78, 5) is 26.0. The number of nitrogens with zero attached hydrogens (tertiary/aromatic N) is 1. The Balaban J connectivity index is 1.98. The van der Waals surface area contributed by atoms with Gasteiger partial charge in [0.15, 0.2) is 0 Å². The number of carbonyl (C=O) groups excluding carboxylic acids is 2. The second-order valence-electron chi connectivity index (χ2n) is 7.28. The lowest BCUT2D eigenvalue weighted by molar-refractivity contribution is -0.124. The van der Waals surface area contributed by atoms with Gasteiger partial charge in [-0.1, -0.05) is 51.0 Å². The van der Waals surface area contributed by atoms with Crippen molar-refractivity contribution < 1.29 is 9.59 Å². The minimum absolute atomic E-state index is 0.143. The summed E-state index contributed by atoms with van der Waals surface area (Å²) in [5.74, 6) is -0.669. The van der Waals surface area contributed by atoms with Crippen LogP contribution < -0.4 is 5.73 Å². The highest BCUT2D eigenvalue weighted by Gasteiger charge is 2.36. The average molecular weight is 344 g/mol. The third-order valence-corrected chi connectivity index (χ3v) is 5.20. The lowest BCUT2D eigenvalue weighted by atomic mass is 9.94. The van der Waals surface area contributed by atoms with Gasteiger partial charge in [0.2, 0.25) is 5.91 Å². The van der Waals surface area contributed by atoms with Gasteiger partial charge in [0.25, 0.3) is 0 Å². The standard InChI is InChI=1S/C21H32N2O2/c1-3-5-11-23(12-6-4-2)15-16-7-9-17(10-8-16)19-13-18(21(22)25)14-20(19)24/h7-10,18-19H,3-6,11-15H2,1-2H3,(H2,22,25)/t18-,19-/m1/s1. The van der Waals surface area contributed by atoms with Gasteiger partial charge in [-0.2, -0.15) is 0 Å². The average Bonchev–Trinajstić information content (AvgIpc) is 3.00. The van der Waals surface area contributed by atoms with Crippen LogP contribution in [0.15, 0.2) is 24.3 Å². The number of nitrogens with two attached hydrogens (primary N) is 1. The first kappa shape index (κ1) is 19.6. The number of hydrogen-bond donors (Lipinski definition) is 1. The number of primary amides is 1. The van der Waals surface area contributed by atoms with Crippen molar-refractivity contribution in [3.63, 3.8) is 0 Å². The zero-order valence-electron chi connectivity index (χ0n) is 15.7. The van der Waals surface area contributed by atoms with Crippen molar-refractivity contribution in [2.75, 3.05) is 13.1 Å². The predicted octanol–water partition coefficient (Wildman–Crippen LogP) is 3.64. The number of carbonyl (C=O) groups is 2. The van der Waals surface area contributed by atoms with Gasteiger partial charge in [0.1, 0.15) is 5.78 Å². The first-order valence-electron chi connectivity index (χ1n) is 9.68. The predicted molar refractivity (Wildman–Crippen MR) is 101 cm³/mol. The second-order valence-corrected chi connectivity index (χ2v) is 7.28. The van der Waals surface area contributed by atoms with Gasteiger partial charge in [0.05, 0.1) is 0 Å². The van der Waals surface area contributed by atoms with Crippen molar-refractivity contribution in [3.8, 4) is 0 Å². The number of benzene rings is 1. The molecular formula is C21H32N2O2. The number of unbranched alkanes of at least 4 members (excludes halogenated alkanes) is 2. The molecule has 1 fully saturated rings. The van der Waals surface area contributed by atoms with Crippen molar-refractivity contribution in [1.82, 2.24) is 4.90 Å². The summed E-state index contributed by atoms with van der Waals surface area (Å²) in [5.41, 5.74) is 7.67. The van der Waals surface area contributed by atoms with E-state index >= 15 is 0 Å². The molecular weight excluding hydrogens is 312 g/mol. The van der Waals surface area contributed by atoms with E-state index in [0.717, 1.165) is 25.2 Å². The molecule has 1 aromatic rings. The maximum absolute atomic E-state index is 12.2. The Kier molecular flexibility index (Phi) is 7.63. The van der Waals surface area contributed by atoms with Gasteiger partial charge >= 0.3 is 0 Å². The van der Waals surface area contributed by atoms with Crippen LogP contribution in [0.25, 0.3) is 0 Å². The number of ketones is 1. The van der Waals surface area contributed by atoms with Gasteiger partial charge in [0, 0.05) is 24.8 Å². The summed E-state index contributed by atoms with van der Waals surface area (Å²) in [6.45, 7) is 7.69. The summed E-state index contributed by atoms with van der Waals surface area (Å²) in [7, 11) is 0. The molecule has 0 heterocycles. The Labute approximate surface area is 151 Å². The van der Waals surface area contributed by atoms with Crippen molar-refractivity contribution in [2.45, 2.75) is 64.8 Å². The van der Waals surface area contributed by atoms with Crippen molar-refractivity contribution in [2.24, 2.45) is 11.7 Å². The number of Topliss-reactive ketones (excluding diaryl/α,β-unsaturated/α-hetero) is 1. The Bertz CT molecular complexity index is 560. The molecule has 0 aromatic heterocycles. The molecule has 138 valence electrons. The zero-order chi connectivity index (χ0) is 18.2. The van der Waals surface area contributed by atoms with E-state index < -0.39 is 0 Å². The summed E-state index contributed by atoms with van der Waals surface area (Å²) in [6.07, 6.45) is 5.74. The third kappa shape index (κ3) is 5.67. The van der Waals surface area contributed by atoms with E-state index in [4.69, 9.17) is 5.73 Å². The first-order valence-corrected chi connectivity index (χ1v) is 9.68. The maximum atomic E-state index is 12.2. The highest BCUT2D eigenvalue weighted by molar-refractivity contribution is 5.94.